The molecule has 0 unspecified atom stereocenters. The SMILES string of the molecule is Cc1nnc(SCC(=O)O)n1-c1ccc(Br)cc1Br. The maximum atomic E-state index is 10.6. The summed E-state index contributed by atoms with van der Waals surface area (Å²) in [5.74, 6) is -0.227. The number of halogens is 2. The van der Waals surface area contributed by atoms with E-state index >= 15 is 0 Å². The van der Waals surface area contributed by atoms with Crippen molar-refractivity contribution in [2.24, 2.45) is 0 Å². The van der Waals surface area contributed by atoms with Crippen LogP contribution in [0.2, 0.25) is 0 Å². The van der Waals surface area contributed by atoms with Crippen LogP contribution in [0, 0.1) is 6.92 Å². The van der Waals surface area contributed by atoms with E-state index in [1.54, 1.807) is 0 Å². The molecule has 0 atom stereocenters. The van der Waals surface area contributed by atoms with Gasteiger partial charge in [0.15, 0.2) is 5.16 Å². The summed E-state index contributed by atoms with van der Waals surface area (Å²) >= 11 is 8.02. The smallest absolute Gasteiger partial charge is 0.313 e. The molecule has 0 amide bonds. The molecule has 100 valence electrons. The van der Waals surface area contributed by atoms with Crippen molar-refractivity contribution in [1.82, 2.24) is 14.8 Å². The fourth-order valence-electron chi connectivity index (χ4n) is 1.50. The average molecular weight is 407 g/mol. The van der Waals surface area contributed by atoms with Gasteiger partial charge in [-0.25, -0.2) is 0 Å². The second-order valence-corrected chi connectivity index (χ2v) is 6.36. The Bertz CT molecular complexity index is 630. The van der Waals surface area contributed by atoms with Gasteiger partial charge in [0.1, 0.15) is 5.82 Å². The normalized spacial score (nSPS) is 10.7. The maximum Gasteiger partial charge on any atom is 0.313 e. The minimum atomic E-state index is -0.882. The maximum absolute atomic E-state index is 10.6. The summed E-state index contributed by atoms with van der Waals surface area (Å²) in [6.45, 7) is 1.83. The van der Waals surface area contributed by atoms with Crippen LogP contribution in [-0.4, -0.2) is 31.6 Å². The molecule has 5 nitrogen and oxygen atoms in total. The molecule has 0 fully saturated rings. The summed E-state index contributed by atoms with van der Waals surface area (Å²) in [7, 11) is 0. The van der Waals surface area contributed by atoms with Gasteiger partial charge >= 0.3 is 5.97 Å². The third-order valence-electron chi connectivity index (χ3n) is 2.27. The van der Waals surface area contributed by atoms with Gasteiger partial charge in [-0.15, -0.1) is 10.2 Å². The largest absolute Gasteiger partial charge is 0.481 e. The van der Waals surface area contributed by atoms with Crippen LogP contribution in [0.4, 0.5) is 0 Å². The third kappa shape index (κ3) is 3.37. The minimum Gasteiger partial charge on any atom is -0.481 e. The predicted octanol–water partition coefficient (Wildman–Crippen LogP) is 3.28. The molecular weight excluding hydrogens is 398 g/mol. The molecular formula is C11H9Br2N3O2S. The molecule has 0 bridgehead atoms. The van der Waals surface area contributed by atoms with Crippen molar-refractivity contribution in [2.75, 3.05) is 5.75 Å². The fourth-order valence-corrected chi connectivity index (χ4v) is 3.44. The van der Waals surface area contributed by atoms with Crippen molar-refractivity contribution in [3.8, 4) is 5.69 Å². The Labute approximate surface area is 130 Å². The summed E-state index contributed by atoms with van der Waals surface area (Å²) in [4.78, 5) is 10.6. The molecule has 2 aromatic rings. The van der Waals surface area contributed by atoms with Crippen LogP contribution in [0.25, 0.3) is 5.69 Å². The van der Waals surface area contributed by atoms with Crippen molar-refractivity contribution in [3.63, 3.8) is 0 Å². The highest BCUT2D eigenvalue weighted by Gasteiger charge is 2.15. The number of carboxylic acid groups (broad SMARTS) is 1. The Kier molecular flexibility index (Phi) is 4.64. The average Bonchev–Trinajstić information content (AvgIpc) is 2.68. The number of carbonyl (C=O) groups is 1. The molecule has 19 heavy (non-hydrogen) atoms. The Morgan fingerprint density at radius 1 is 1.42 bits per heavy atom. The third-order valence-corrected chi connectivity index (χ3v) is 4.31. The second kappa shape index (κ2) is 6.06. The van der Waals surface area contributed by atoms with E-state index in [0.717, 1.165) is 26.4 Å². The number of aliphatic carboxylic acids is 1. The van der Waals surface area contributed by atoms with Crippen molar-refractivity contribution >= 4 is 49.6 Å². The minimum absolute atomic E-state index is 0.0493. The zero-order chi connectivity index (χ0) is 14.0. The zero-order valence-corrected chi connectivity index (χ0v) is 13.8. The van der Waals surface area contributed by atoms with Crippen molar-refractivity contribution in [1.29, 1.82) is 0 Å². The van der Waals surface area contributed by atoms with Gasteiger partial charge in [0, 0.05) is 8.95 Å². The van der Waals surface area contributed by atoms with Crippen LogP contribution in [0.5, 0.6) is 0 Å². The Balaban J connectivity index is 2.43. The van der Waals surface area contributed by atoms with Gasteiger partial charge in [0.2, 0.25) is 0 Å². The molecule has 0 aliphatic carbocycles. The summed E-state index contributed by atoms with van der Waals surface area (Å²) in [6, 6.07) is 5.74. The number of benzene rings is 1. The van der Waals surface area contributed by atoms with Crippen molar-refractivity contribution in [2.45, 2.75) is 12.1 Å². The van der Waals surface area contributed by atoms with E-state index in [4.69, 9.17) is 5.11 Å². The summed E-state index contributed by atoms with van der Waals surface area (Å²) in [5, 5.41) is 17.3. The number of carboxylic acids is 1. The lowest BCUT2D eigenvalue weighted by Crippen LogP contribution is -2.03. The first-order chi connectivity index (χ1) is 8.99. The standard InChI is InChI=1S/C11H9Br2N3O2S/c1-6-14-15-11(19-5-10(17)18)16(6)9-3-2-7(12)4-8(9)13/h2-4H,5H2,1H3,(H,17,18). The van der Waals surface area contributed by atoms with Crippen molar-refractivity contribution in [3.05, 3.63) is 33.0 Å². The van der Waals surface area contributed by atoms with E-state index < -0.39 is 5.97 Å². The molecule has 0 spiro atoms. The van der Waals surface area contributed by atoms with Gasteiger partial charge in [0.05, 0.1) is 11.4 Å². The Hall–Kier alpha value is -0.860. The highest BCUT2D eigenvalue weighted by atomic mass is 79.9. The molecule has 0 saturated carbocycles. The number of thioether (sulfide) groups is 1. The summed E-state index contributed by atoms with van der Waals surface area (Å²) in [6.07, 6.45) is 0. The van der Waals surface area contributed by atoms with E-state index in [2.05, 4.69) is 42.1 Å². The number of rotatable bonds is 4. The van der Waals surface area contributed by atoms with Crippen LogP contribution < -0.4 is 0 Å². The van der Waals surface area contributed by atoms with Gasteiger partial charge in [-0.1, -0.05) is 27.7 Å². The summed E-state index contributed by atoms with van der Waals surface area (Å²) in [5.41, 5.74) is 0.874. The summed E-state index contributed by atoms with van der Waals surface area (Å²) < 4.78 is 3.65. The van der Waals surface area contributed by atoms with Crippen LogP contribution in [0.3, 0.4) is 0 Å². The molecule has 1 aromatic carbocycles. The molecule has 0 aliphatic heterocycles. The number of aryl methyl sites for hydroxylation is 1. The molecule has 1 aromatic heterocycles. The lowest BCUT2D eigenvalue weighted by atomic mass is 10.3. The topological polar surface area (TPSA) is 68.0 Å². The van der Waals surface area contributed by atoms with Crippen LogP contribution in [0.15, 0.2) is 32.3 Å². The molecule has 0 radical (unpaired) electrons. The monoisotopic (exact) mass is 405 g/mol. The van der Waals surface area contributed by atoms with E-state index in [0.29, 0.717) is 11.0 Å². The van der Waals surface area contributed by atoms with Crippen LogP contribution >= 0.6 is 43.6 Å². The van der Waals surface area contributed by atoms with Crippen molar-refractivity contribution < 1.29 is 9.90 Å². The first-order valence-corrected chi connectivity index (χ1v) is 7.78. The lowest BCUT2D eigenvalue weighted by molar-refractivity contribution is -0.133. The van der Waals surface area contributed by atoms with Gasteiger partial charge in [-0.2, -0.15) is 0 Å². The fraction of sp³-hybridized carbons (Fsp3) is 0.182. The van der Waals surface area contributed by atoms with Gasteiger partial charge in [-0.05, 0) is 41.1 Å². The van der Waals surface area contributed by atoms with E-state index in [1.807, 2.05) is 29.7 Å². The van der Waals surface area contributed by atoms with Gasteiger partial charge in [-0.3, -0.25) is 9.36 Å². The highest BCUT2D eigenvalue weighted by Crippen LogP contribution is 2.29. The number of aromatic nitrogens is 3. The quantitative estimate of drug-likeness (QED) is 0.789. The molecule has 0 saturated heterocycles. The Morgan fingerprint density at radius 2 is 2.16 bits per heavy atom. The van der Waals surface area contributed by atoms with Crippen LogP contribution in [-0.2, 0) is 4.79 Å². The molecule has 1 heterocycles. The van der Waals surface area contributed by atoms with E-state index in [9.17, 15) is 4.79 Å². The first-order valence-electron chi connectivity index (χ1n) is 5.21. The Morgan fingerprint density at radius 3 is 2.79 bits per heavy atom. The number of hydrogen-bond donors (Lipinski definition) is 1. The van der Waals surface area contributed by atoms with Crippen LogP contribution in [0.1, 0.15) is 5.82 Å². The first kappa shape index (κ1) is 14.5. The number of hydrogen-bond acceptors (Lipinski definition) is 4. The highest BCUT2D eigenvalue weighted by molar-refractivity contribution is 9.11. The zero-order valence-electron chi connectivity index (χ0n) is 9.80. The molecule has 2 rings (SSSR count). The van der Waals surface area contributed by atoms with Gasteiger partial charge in [0.25, 0.3) is 0 Å². The number of nitrogens with zero attached hydrogens (tertiary/aromatic N) is 3. The van der Waals surface area contributed by atoms with E-state index in [-0.39, 0.29) is 5.75 Å². The van der Waals surface area contributed by atoms with Gasteiger partial charge < -0.3 is 5.11 Å². The molecule has 8 heteroatoms. The molecule has 1 N–H and O–H groups in total. The lowest BCUT2D eigenvalue weighted by Gasteiger charge is -2.10. The second-order valence-electron chi connectivity index (χ2n) is 3.64. The predicted molar refractivity (Wildman–Crippen MR) is 79.9 cm³/mol. The van der Waals surface area contributed by atoms with E-state index in [1.165, 1.54) is 0 Å². The molecule has 0 aliphatic rings.